The molecule has 5 heteroatoms. The second-order valence-corrected chi connectivity index (χ2v) is 6.10. The molecule has 1 heterocycles. The van der Waals surface area contributed by atoms with E-state index < -0.39 is 11.4 Å². The number of nitrogens with one attached hydrogen (secondary N) is 1. The third-order valence-electron chi connectivity index (χ3n) is 3.93. The van der Waals surface area contributed by atoms with Gasteiger partial charge in [0.05, 0.1) is 11.5 Å². The van der Waals surface area contributed by atoms with Crippen molar-refractivity contribution in [2.24, 2.45) is 5.41 Å². The number of amides is 1. The Morgan fingerprint density at radius 1 is 1.47 bits per heavy atom. The van der Waals surface area contributed by atoms with Crippen LogP contribution in [-0.2, 0) is 9.59 Å². The van der Waals surface area contributed by atoms with Gasteiger partial charge in [-0.1, -0.05) is 12.8 Å². The molecule has 19 heavy (non-hydrogen) atoms. The normalized spacial score (nSPS) is 19.0. The average molecular weight is 281 g/mol. The summed E-state index contributed by atoms with van der Waals surface area (Å²) in [5.41, 5.74) is 0.229. The minimum atomic E-state index is -0.835. The van der Waals surface area contributed by atoms with Crippen LogP contribution in [0.1, 0.15) is 50.6 Å². The number of hydrogen-bond acceptors (Lipinski definition) is 3. The molecule has 2 rings (SSSR count). The van der Waals surface area contributed by atoms with Gasteiger partial charge in [0.25, 0.3) is 0 Å². The van der Waals surface area contributed by atoms with E-state index in [1.165, 1.54) is 0 Å². The molecular weight excluding hydrogens is 262 g/mol. The van der Waals surface area contributed by atoms with Gasteiger partial charge in [0.2, 0.25) is 5.91 Å². The first-order valence-corrected chi connectivity index (χ1v) is 7.53. The number of carbonyl (C=O) groups is 2. The van der Waals surface area contributed by atoms with Crippen LogP contribution in [0.2, 0.25) is 0 Å². The lowest BCUT2D eigenvalue weighted by Crippen LogP contribution is -2.36. The summed E-state index contributed by atoms with van der Waals surface area (Å²) in [4.78, 5) is 23.4. The van der Waals surface area contributed by atoms with Gasteiger partial charge in [-0.2, -0.15) is 11.3 Å². The number of thiophene rings is 1. The second kappa shape index (κ2) is 5.74. The van der Waals surface area contributed by atoms with Crippen molar-refractivity contribution in [1.82, 2.24) is 5.32 Å². The largest absolute Gasteiger partial charge is 0.481 e. The molecule has 1 unspecified atom stereocenters. The zero-order chi connectivity index (χ0) is 13.9. The van der Waals surface area contributed by atoms with Crippen LogP contribution in [0.5, 0.6) is 0 Å². The fraction of sp³-hybridized carbons (Fsp3) is 0.571. The Labute approximate surface area is 116 Å². The topological polar surface area (TPSA) is 66.4 Å². The number of carboxylic acid groups (broad SMARTS) is 1. The standard InChI is InChI=1S/C14H19NO3S/c1-10(11-4-7-19-9-11)15-12(16)8-14(13(17)18)5-2-3-6-14/h4,7,9-10H,2-3,5-6,8H2,1H3,(H,15,16)(H,17,18). The molecule has 1 amide bonds. The van der Waals surface area contributed by atoms with E-state index in [9.17, 15) is 14.7 Å². The monoisotopic (exact) mass is 281 g/mol. The van der Waals surface area contributed by atoms with Crippen molar-refractivity contribution in [3.63, 3.8) is 0 Å². The molecule has 1 saturated carbocycles. The smallest absolute Gasteiger partial charge is 0.310 e. The Kier molecular flexibility index (Phi) is 4.24. The third-order valence-corrected chi connectivity index (χ3v) is 4.64. The molecule has 0 saturated heterocycles. The van der Waals surface area contributed by atoms with Gasteiger partial charge in [0.1, 0.15) is 0 Å². The van der Waals surface area contributed by atoms with Crippen molar-refractivity contribution in [3.05, 3.63) is 22.4 Å². The highest BCUT2D eigenvalue weighted by atomic mass is 32.1. The van der Waals surface area contributed by atoms with Crippen LogP contribution in [0.4, 0.5) is 0 Å². The summed E-state index contributed by atoms with van der Waals surface area (Å²) in [6.07, 6.45) is 3.13. The van der Waals surface area contributed by atoms with Crippen LogP contribution in [-0.4, -0.2) is 17.0 Å². The zero-order valence-electron chi connectivity index (χ0n) is 11.0. The van der Waals surface area contributed by atoms with Crippen molar-refractivity contribution >= 4 is 23.2 Å². The first-order chi connectivity index (χ1) is 9.03. The summed E-state index contributed by atoms with van der Waals surface area (Å²) in [5.74, 6) is -0.994. The van der Waals surface area contributed by atoms with Crippen LogP contribution < -0.4 is 5.32 Å². The molecule has 1 aliphatic rings. The number of rotatable bonds is 5. The summed E-state index contributed by atoms with van der Waals surface area (Å²) in [5, 5.41) is 16.2. The predicted octanol–water partition coefficient (Wildman–Crippen LogP) is 2.96. The van der Waals surface area contributed by atoms with E-state index in [2.05, 4.69) is 5.32 Å². The number of hydrogen-bond donors (Lipinski definition) is 2. The van der Waals surface area contributed by atoms with Gasteiger partial charge in [0.15, 0.2) is 0 Å². The summed E-state index contributed by atoms with van der Waals surface area (Å²) >= 11 is 1.59. The highest BCUT2D eigenvalue weighted by molar-refractivity contribution is 7.07. The summed E-state index contributed by atoms with van der Waals surface area (Å²) in [7, 11) is 0. The number of aliphatic carboxylic acids is 1. The van der Waals surface area contributed by atoms with Crippen LogP contribution >= 0.6 is 11.3 Å². The van der Waals surface area contributed by atoms with Gasteiger partial charge in [-0.3, -0.25) is 9.59 Å². The Morgan fingerprint density at radius 2 is 2.16 bits per heavy atom. The fourth-order valence-electron chi connectivity index (χ4n) is 2.72. The van der Waals surface area contributed by atoms with Crippen LogP contribution in [0.25, 0.3) is 0 Å². The van der Waals surface area contributed by atoms with E-state index in [0.717, 1.165) is 18.4 Å². The highest BCUT2D eigenvalue weighted by Gasteiger charge is 2.43. The van der Waals surface area contributed by atoms with Gasteiger partial charge >= 0.3 is 5.97 Å². The molecule has 4 nitrogen and oxygen atoms in total. The molecule has 0 radical (unpaired) electrons. The molecule has 0 spiro atoms. The van der Waals surface area contributed by atoms with Crippen molar-refractivity contribution in [2.45, 2.75) is 45.1 Å². The lowest BCUT2D eigenvalue weighted by Gasteiger charge is -2.24. The molecule has 0 aliphatic heterocycles. The van der Waals surface area contributed by atoms with Crippen molar-refractivity contribution in [2.75, 3.05) is 0 Å². The number of carbonyl (C=O) groups excluding carboxylic acids is 1. The first kappa shape index (κ1) is 14.1. The Bertz CT molecular complexity index is 449. The maximum absolute atomic E-state index is 12.0. The molecule has 1 aromatic rings. The predicted molar refractivity (Wildman–Crippen MR) is 74.0 cm³/mol. The van der Waals surface area contributed by atoms with Gasteiger partial charge < -0.3 is 10.4 Å². The van der Waals surface area contributed by atoms with Crippen LogP contribution in [0, 0.1) is 5.41 Å². The van der Waals surface area contributed by atoms with E-state index in [0.29, 0.717) is 12.8 Å². The summed E-state index contributed by atoms with van der Waals surface area (Å²) < 4.78 is 0. The minimum Gasteiger partial charge on any atom is -0.481 e. The van der Waals surface area contributed by atoms with Crippen molar-refractivity contribution in [1.29, 1.82) is 0 Å². The second-order valence-electron chi connectivity index (χ2n) is 5.32. The van der Waals surface area contributed by atoms with Gasteiger partial charge in [-0.25, -0.2) is 0 Å². The highest BCUT2D eigenvalue weighted by Crippen LogP contribution is 2.41. The van der Waals surface area contributed by atoms with E-state index in [1.807, 2.05) is 23.8 Å². The molecular formula is C14H19NO3S. The zero-order valence-corrected chi connectivity index (χ0v) is 11.8. The quantitative estimate of drug-likeness (QED) is 0.872. The van der Waals surface area contributed by atoms with Gasteiger partial charge in [-0.15, -0.1) is 0 Å². The SMILES string of the molecule is CC(NC(=O)CC1(C(=O)O)CCCC1)c1ccsc1. The minimum absolute atomic E-state index is 0.0639. The molecule has 2 N–H and O–H groups in total. The maximum atomic E-state index is 12.0. The van der Waals surface area contributed by atoms with Crippen molar-refractivity contribution in [3.8, 4) is 0 Å². The summed E-state index contributed by atoms with van der Waals surface area (Å²) in [6.45, 7) is 1.92. The van der Waals surface area contributed by atoms with Crippen molar-refractivity contribution < 1.29 is 14.7 Å². The molecule has 0 aromatic carbocycles. The van der Waals surface area contributed by atoms with Gasteiger partial charge in [-0.05, 0) is 42.2 Å². The van der Waals surface area contributed by atoms with Crippen LogP contribution in [0.15, 0.2) is 16.8 Å². The molecule has 0 bridgehead atoms. The van der Waals surface area contributed by atoms with E-state index in [-0.39, 0.29) is 18.4 Å². The number of carboxylic acids is 1. The Morgan fingerprint density at radius 3 is 2.68 bits per heavy atom. The van der Waals surface area contributed by atoms with E-state index in [4.69, 9.17) is 0 Å². The molecule has 1 aromatic heterocycles. The fourth-order valence-corrected chi connectivity index (χ4v) is 3.48. The van der Waals surface area contributed by atoms with Crippen LogP contribution in [0.3, 0.4) is 0 Å². The third kappa shape index (κ3) is 3.15. The Balaban J connectivity index is 1.95. The molecule has 1 fully saturated rings. The Hall–Kier alpha value is -1.36. The lowest BCUT2D eigenvalue weighted by atomic mass is 9.82. The van der Waals surface area contributed by atoms with E-state index in [1.54, 1.807) is 11.3 Å². The maximum Gasteiger partial charge on any atom is 0.310 e. The van der Waals surface area contributed by atoms with Gasteiger partial charge in [0, 0.05) is 6.42 Å². The first-order valence-electron chi connectivity index (χ1n) is 6.58. The summed E-state index contributed by atoms with van der Waals surface area (Å²) in [6, 6.07) is 1.91. The average Bonchev–Trinajstić information content (AvgIpc) is 2.99. The lowest BCUT2D eigenvalue weighted by molar-refractivity contribution is -0.151. The molecule has 1 atom stereocenters. The molecule has 1 aliphatic carbocycles. The molecule has 104 valence electrons. The van der Waals surface area contributed by atoms with E-state index >= 15 is 0 Å².